The van der Waals surface area contributed by atoms with Gasteiger partial charge in [0.2, 0.25) is 0 Å². The molecule has 15 heteroatoms. The minimum Gasteiger partial charge on any atom is -0.239 e. The number of aryl methyl sites for hydroxylation is 5. The van der Waals surface area contributed by atoms with Crippen molar-refractivity contribution in [2.45, 2.75) is 34.6 Å². The van der Waals surface area contributed by atoms with E-state index in [4.69, 9.17) is 59.8 Å². The normalized spacial score (nSPS) is 11.1. The van der Waals surface area contributed by atoms with E-state index >= 15 is 0 Å². The molecule has 24 rings (SSSR count). The van der Waals surface area contributed by atoms with Crippen molar-refractivity contribution in [2.75, 3.05) is 0 Å². The fourth-order valence-electron chi connectivity index (χ4n) is 18.0. The molecule has 18 aromatic carbocycles. The van der Waals surface area contributed by atoms with E-state index in [-0.39, 0.29) is 0 Å². The lowest BCUT2D eigenvalue weighted by Crippen LogP contribution is -2.00. The lowest BCUT2D eigenvalue weighted by atomic mass is 9.93. The SMILES string of the molecule is Cc1cc(-c2cccc(-c3cc(-c4ccc5ccccc5c4)cc(-c4nc(-c5ccccc5)nc(-c5ccccc5)n4)c3)c2)nc(C)n1.Cc1cc(C)nc(-c2cccc(-c3cc(-c4ccc5ccccc5c4)cc(-c4nc(-c5ccccc5)nc(-c5ccccc5)n4)c3)c2)n1.Cc1ccnc(-c2cccc(-c3cc(-c4ccc5ccccc5c4)cc(-c4nc(-c5ccccc5)nc(-c5ccccc5)n4)c3)c2)n1. The molecule has 0 amide bonds. The van der Waals surface area contributed by atoms with E-state index in [0.29, 0.717) is 58.2 Å². The summed E-state index contributed by atoms with van der Waals surface area (Å²) in [6, 6.07) is 157. The molecule has 0 N–H and O–H groups in total. The Balaban J connectivity index is 0.000000123. The van der Waals surface area contributed by atoms with Gasteiger partial charge in [0, 0.05) is 95.7 Å². The molecule has 678 valence electrons. The van der Waals surface area contributed by atoms with Gasteiger partial charge in [-0.15, -0.1) is 0 Å². The Kier molecular flexibility index (Phi) is 25.2. The van der Waals surface area contributed by atoms with Crippen LogP contribution >= 0.6 is 0 Å². The van der Waals surface area contributed by atoms with Gasteiger partial charge >= 0.3 is 0 Å². The third kappa shape index (κ3) is 20.4. The van der Waals surface area contributed by atoms with Crippen LogP contribution in [0.15, 0.2) is 461 Å². The summed E-state index contributed by atoms with van der Waals surface area (Å²) in [5.74, 6) is 7.81. The average Bonchev–Trinajstić information content (AvgIpc) is 0.780. The van der Waals surface area contributed by atoms with Crippen molar-refractivity contribution in [1.29, 1.82) is 0 Å². The molecule has 0 fully saturated rings. The molecule has 24 aromatic rings. The second-order valence-electron chi connectivity index (χ2n) is 35.4. The summed E-state index contributed by atoms with van der Waals surface area (Å²) in [5, 5.41) is 7.18. The molecule has 0 saturated carbocycles. The van der Waals surface area contributed by atoms with Crippen LogP contribution in [0.2, 0.25) is 0 Å². The smallest absolute Gasteiger partial charge is 0.164 e. The number of nitrogens with zero attached hydrogens (tertiary/aromatic N) is 15. The number of benzene rings is 18. The molecule has 0 radical (unpaired) electrons. The molecule has 6 aromatic heterocycles. The quantitative estimate of drug-likeness (QED) is 0.0787. The Hall–Kier alpha value is -19.0. The minimum absolute atomic E-state index is 0.611. The third-order valence-corrected chi connectivity index (χ3v) is 25.1. The van der Waals surface area contributed by atoms with Gasteiger partial charge in [0.1, 0.15) is 5.82 Å². The molecule has 0 spiro atoms. The first-order valence-electron chi connectivity index (χ1n) is 47.6. The monoisotopic (exact) mass is 1840 g/mol. The first-order valence-corrected chi connectivity index (χ1v) is 47.6. The van der Waals surface area contributed by atoms with E-state index < -0.39 is 0 Å². The fourth-order valence-corrected chi connectivity index (χ4v) is 18.0. The van der Waals surface area contributed by atoms with Crippen molar-refractivity contribution in [3.8, 4) is 203 Å². The first-order chi connectivity index (χ1) is 70.3. The van der Waals surface area contributed by atoms with Gasteiger partial charge in [-0.1, -0.05) is 346 Å². The number of fused-ring (bicyclic) bond motifs is 3. The maximum atomic E-state index is 5.06. The van der Waals surface area contributed by atoms with Crippen LogP contribution in [0.5, 0.6) is 0 Å². The highest BCUT2D eigenvalue weighted by Crippen LogP contribution is 2.42. The molecular formula is C128H91N15. The van der Waals surface area contributed by atoms with Gasteiger partial charge in [0.25, 0.3) is 0 Å². The molecule has 6 heterocycles. The van der Waals surface area contributed by atoms with Gasteiger partial charge in [-0.25, -0.2) is 74.8 Å². The third-order valence-electron chi connectivity index (χ3n) is 25.1. The number of aromatic nitrogens is 15. The van der Waals surface area contributed by atoms with E-state index in [1.807, 2.05) is 235 Å². The van der Waals surface area contributed by atoms with Crippen LogP contribution in [0.25, 0.3) is 236 Å². The van der Waals surface area contributed by atoms with Crippen LogP contribution in [0.1, 0.15) is 28.6 Å². The average molecular weight is 1840 g/mol. The second-order valence-corrected chi connectivity index (χ2v) is 35.4. The predicted molar refractivity (Wildman–Crippen MR) is 580 cm³/mol. The van der Waals surface area contributed by atoms with Crippen LogP contribution in [0.3, 0.4) is 0 Å². The summed E-state index contributed by atoms with van der Waals surface area (Å²) in [7, 11) is 0. The highest BCUT2D eigenvalue weighted by atomic mass is 15.1. The summed E-state index contributed by atoms with van der Waals surface area (Å²) >= 11 is 0. The Bertz CT molecular complexity index is 8280. The lowest BCUT2D eigenvalue weighted by Gasteiger charge is -2.13. The van der Waals surface area contributed by atoms with E-state index in [1.165, 1.54) is 32.3 Å². The summed E-state index contributed by atoms with van der Waals surface area (Å²) < 4.78 is 0. The molecule has 0 unspecified atom stereocenters. The molecule has 0 aliphatic heterocycles. The highest BCUT2D eigenvalue weighted by Gasteiger charge is 2.22. The van der Waals surface area contributed by atoms with Gasteiger partial charge in [-0.3, -0.25) is 0 Å². The first kappa shape index (κ1) is 89.2. The van der Waals surface area contributed by atoms with Gasteiger partial charge in [0.05, 0.1) is 5.69 Å². The van der Waals surface area contributed by atoms with E-state index in [0.717, 1.165) is 174 Å². The zero-order chi connectivity index (χ0) is 96.5. The van der Waals surface area contributed by atoms with Crippen molar-refractivity contribution in [1.82, 2.24) is 74.8 Å². The van der Waals surface area contributed by atoms with Gasteiger partial charge in [0.15, 0.2) is 64.1 Å². The Labute approximate surface area is 829 Å². The number of rotatable bonds is 18. The van der Waals surface area contributed by atoms with Crippen LogP contribution < -0.4 is 0 Å². The largest absolute Gasteiger partial charge is 0.239 e. The molecule has 0 bridgehead atoms. The summed E-state index contributed by atoms with van der Waals surface area (Å²) in [4.78, 5) is 73.0. The highest BCUT2D eigenvalue weighted by molar-refractivity contribution is 5.94. The van der Waals surface area contributed by atoms with Gasteiger partial charge in [-0.2, -0.15) is 0 Å². The van der Waals surface area contributed by atoms with Crippen LogP contribution in [-0.4, -0.2) is 74.8 Å². The molecule has 0 saturated heterocycles. The van der Waals surface area contributed by atoms with Crippen LogP contribution in [-0.2, 0) is 0 Å². The van der Waals surface area contributed by atoms with E-state index in [2.05, 4.69) is 270 Å². The standard InChI is InChI=1S/2C43H31N5.C42H29N5/c1-28-22-40(45-29(2)44-28)36-19-11-18-34(24-36)37-25-38(35-21-20-30-12-9-10-17-33(30)23-35)27-39(26-37)43-47-41(31-13-5-3-6-14-31)46-42(48-43)32-15-7-4-8-16-32;1-28-22-29(2)45-42(44-28)36-19-11-18-34(24-36)37-25-38(35-21-20-30-12-9-10-17-33(30)23-35)27-39(26-37)43-47-40(31-13-5-3-6-14-31)46-41(48-43)32-15-7-4-8-16-32;1-28-21-22-43-39(44-28)35-18-10-17-33(24-35)36-25-37(34-20-19-29-11-8-9-16-32(29)23-34)27-38(26-36)42-46-40(30-12-4-2-5-13-30)45-41(47-42)31-14-6-3-7-15-31/h2*3-27H,1-2H3;2-27H,1H3. The Morgan fingerprint density at radius 1 is 0.119 bits per heavy atom. The summed E-state index contributed by atoms with van der Waals surface area (Å²) in [6.07, 6.45) is 1.80. The minimum atomic E-state index is 0.611. The molecule has 0 aliphatic rings. The molecule has 0 aliphatic carbocycles. The Morgan fingerprint density at radius 3 is 0.650 bits per heavy atom. The fraction of sp³-hybridized carbons (Fsp3) is 0.0391. The number of hydrogen-bond donors (Lipinski definition) is 0. The van der Waals surface area contributed by atoms with Crippen molar-refractivity contribution in [2.24, 2.45) is 0 Å². The van der Waals surface area contributed by atoms with Gasteiger partial charge in [-0.05, 0) is 243 Å². The zero-order valence-electron chi connectivity index (χ0n) is 79.1. The van der Waals surface area contributed by atoms with Crippen molar-refractivity contribution in [3.05, 3.63) is 490 Å². The van der Waals surface area contributed by atoms with Crippen molar-refractivity contribution >= 4 is 32.3 Å². The van der Waals surface area contributed by atoms with Gasteiger partial charge < -0.3 is 0 Å². The van der Waals surface area contributed by atoms with Crippen molar-refractivity contribution < 1.29 is 0 Å². The predicted octanol–water partition coefficient (Wildman–Crippen LogP) is 31.0. The van der Waals surface area contributed by atoms with Crippen LogP contribution in [0, 0.1) is 34.6 Å². The molecule has 0 atom stereocenters. The Morgan fingerprint density at radius 2 is 0.343 bits per heavy atom. The molecule has 15 nitrogen and oxygen atoms in total. The van der Waals surface area contributed by atoms with E-state index in [9.17, 15) is 0 Å². The topological polar surface area (TPSA) is 193 Å². The second kappa shape index (κ2) is 40.4. The molecular weight excluding hydrogens is 1750 g/mol. The summed E-state index contributed by atoms with van der Waals surface area (Å²) in [5.41, 5.74) is 28.9. The lowest BCUT2D eigenvalue weighted by molar-refractivity contribution is 1.02. The summed E-state index contributed by atoms with van der Waals surface area (Å²) in [6.45, 7) is 9.93. The number of hydrogen-bond acceptors (Lipinski definition) is 15. The van der Waals surface area contributed by atoms with Crippen LogP contribution in [0.4, 0.5) is 0 Å². The maximum absolute atomic E-state index is 5.06. The maximum Gasteiger partial charge on any atom is 0.164 e. The zero-order valence-corrected chi connectivity index (χ0v) is 79.1. The molecule has 143 heavy (non-hydrogen) atoms. The van der Waals surface area contributed by atoms with Crippen molar-refractivity contribution in [3.63, 3.8) is 0 Å². The van der Waals surface area contributed by atoms with E-state index in [1.54, 1.807) is 6.20 Å².